The van der Waals surface area contributed by atoms with Gasteiger partial charge in [-0.15, -0.1) is 0 Å². The van der Waals surface area contributed by atoms with E-state index in [2.05, 4.69) is 4.98 Å². The average Bonchev–Trinajstić information content (AvgIpc) is 2.95. The lowest BCUT2D eigenvalue weighted by Gasteiger charge is -2.49. The van der Waals surface area contributed by atoms with Gasteiger partial charge in [-0.05, 0) is 25.7 Å². The molecular formula is C14H22N4O4S. The summed E-state index contributed by atoms with van der Waals surface area (Å²) in [7, 11) is -2.15. The molecule has 0 radical (unpaired) electrons. The summed E-state index contributed by atoms with van der Waals surface area (Å²) in [6.07, 6.45) is 5.66. The molecular weight excluding hydrogens is 320 g/mol. The highest BCUT2D eigenvalue weighted by atomic mass is 32.2. The number of ether oxygens (including phenoxy) is 1. The number of primary amides is 1. The highest BCUT2D eigenvalue weighted by Gasteiger charge is 2.52. The Bertz CT molecular complexity index is 688. The Balaban J connectivity index is 2.01. The van der Waals surface area contributed by atoms with Crippen LogP contribution >= 0.6 is 0 Å². The molecule has 0 aromatic carbocycles. The number of nitrogens with zero attached hydrogens (tertiary/aromatic N) is 3. The number of aromatic nitrogens is 2. The molecule has 1 aromatic rings. The number of sulfonamides is 1. The van der Waals surface area contributed by atoms with Crippen molar-refractivity contribution >= 4 is 15.9 Å². The van der Waals surface area contributed by atoms with E-state index in [1.54, 1.807) is 11.6 Å². The van der Waals surface area contributed by atoms with Crippen LogP contribution < -0.4 is 5.73 Å². The van der Waals surface area contributed by atoms with E-state index in [-0.39, 0.29) is 11.6 Å². The Labute approximate surface area is 135 Å². The third kappa shape index (κ3) is 2.77. The van der Waals surface area contributed by atoms with Crippen molar-refractivity contribution in [2.75, 3.05) is 19.8 Å². The smallest absolute Gasteiger partial charge is 0.262 e. The molecule has 3 heterocycles. The Hall–Kier alpha value is -1.45. The topological polar surface area (TPSA) is 108 Å². The van der Waals surface area contributed by atoms with Crippen LogP contribution in [0.3, 0.4) is 0 Å². The van der Waals surface area contributed by atoms with Gasteiger partial charge in [-0.3, -0.25) is 4.79 Å². The second-order valence-corrected chi connectivity index (χ2v) is 8.21. The highest BCUT2D eigenvalue weighted by Crippen LogP contribution is 2.45. The number of carbonyl (C=O) groups is 1. The molecule has 2 N–H and O–H groups in total. The van der Waals surface area contributed by atoms with Gasteiger partial charge in [-0.25, -0.2) is 13.4 Å². The first kappa shape index (κ1) is 16.4. The minimum absolute atomic E-state index is 0.0460. The summed E-state index contributed by atoms with van der Waals surface area (Å²) in [5.41, 5.74) is 5.21. The van der Waals surface area contributed by atoms with Gasteiger partial charge in [0.25, 0.3) is 10.0 Å². The highest BCUT2D eigenvalue weighted by molar-refractivity contribution is 7.89. The predicted molar refractivity (Wildman–Crippen MR) is 81.8 cm³/mol. The molecule has 1 amide bonds. The van der Waals surface area contributed by atoms with Crippen molar-refractivity contribution in [2.24, 2.45) is 18.2 Å². The summed E-state index contributed by atoms with van der Waals surface area (Å²) in [5, 5.41) is -0.0460. The standard InChI is InChI=1S/C14H22N4O4S/c1-17-9-11(16-10-17)23(20,21)18-6-2-3-14(12(18)13(15)19)4-7-22-8-5-14/h9-10,12H,2-8H2,1H3,(H2,15,19). The normalized spacial score (nSPS) is 25.5. The van der Waals surface area contributed by atoms with Crippen molar-refractivity contribution < 1.29 is 17.9 Å². The molecule has 8 nitrogen and oxygen atoms in total. The monoisotopic (exact) mass is 342 g/mol. The van der Waals surface area contributed by atoms with Crippen molar-refractivity contribution in [1.82, 2.24) is 13.9 Å². The van der Waals surface area contributed by atoms with Crippen molar-refractivity contribution in [3.8, 4) is 0 Å². The van der Waals surface area contributed by atoms with E-state index in [0.717, 1.165) is 6.42 Å². The largest absolute Gasteiger partial charge is 0.381 e. The lowest BCUT2D eigenvalue weighted by molar-refractivity contribution is -0.132. The Morgan fingerprint density at radius 3 is 2.65 bits per heavy atom. The van der Waals surface area contributed by atoms with Gasteiger partial charge in [0.1, 0.15) is 6.04 Å². The summed E-state index contributed by atoms with van der Waals surface area (Å²) in [4.78, 5) is 16.1. The lowest BCUT2D eigenvalue weighted by Crippen LogP contribution is -2.61. The second kappa shape index (κ2) is 5.88. The fourth-order valence-corrected chi connectivity index (χ4v) is 5.50. The predicted octanol–water partition coefficient (Wildman–Crippen LogP) is -0.145. The quantitative estimate of drug-likeness (QED) is 0.822. The van der Waals surface area contributed by atoms with E-state index in [9.17, 15) is 13.2 Å². The first-order valence-electron chi connectivity index (χ1n) is 7.74. The van der Waals surface area contributed by atoms with Gasteiger partial charge in [-0.1, -0.05) is 0 Å². The van der Waals surface area contributed by atoms with Crippen molar-refractivity contribution in [3.05, 3.63) is 12.5 Å². The Morgan fingerprint density at radius 2 is 2.09 bits per heavy atom. The van der Waals surface area contributed by atoms with Gasteiger partial charge in [-0.2, -0.15) is 4.31 Å². The fourth-order valence-electron chi connectivity index (χ4n) is 3.80. The van der Waals surface area contributed by atoms with Gasteiger partial charge in [0.15, 0.2) is 5.03 Å². The number of piperidine rings is 1. The molecule has 0 saturated carbocycles. The number of hydrogen-bond acceptors (Lipinski definition) is 5. The molecule has 2 saturated heterocycles. The summed E-state index contributed by atoms with van der Waals surface area (Å²) in [6, 6.07) is -0.841. The van der Waals surface area contributed by atoms with E-state index in [1.165, 1.54) is 16.8 Å². The van der Waals surface area contributed by atoms with Crippen molar-refractivity contribution in [3.63, 3.8) is 0 Å². The lowest BCUT2D eigenvalue weighted by atomic mass is 9.68. The molecule has 128 valence electrons. The van der Waals surface area contributed by atoms with Crippen LogP contribution in [-0.2, 0) is 26.6 Å². The average molecular weight is 342 g/mol. The van der Waals surface area contributed by atoms with E-state index >= 15 is 0 Å². The van der Waals surface area contributed by atoms with Crippen LogP contribution in [0.1, 0.15) is 25.7 Å². The molecule has 2 aliphatic heterocycles. The van der Waals surface area contributed by atoms with Crippen molar-refractivity contribution in [2.45, 2.75) is 36.8 Å². The molecule has 1 aromatic heterocycles. The SMILES string of the molecule is Cn1cnc(S(=O)(=O)N2CCCC3(CCOCC3)C2C(N)=O)c1. The van der Waals surface area contributed by atoms with Crippen LogP contribution in [0.25, 0.3) is 0 Å². The number of imidazole rings is 1. The third-order valence-corrected chi connectivity index (χ3v) is 6.68. The first-order chi connectivity index (χ1) is 10.9. The van der Waals surface area contributed by atoms with Gasteiger partial charge < -0.3 is 15.0 Å². The van der Waals surface area contributed by atoms with Gasteiger partial charge in [0, 0.05) is 38.4 Å². The zero-order valence-electron chi connectivity index (χ0n) is 13.1. The molecule has 2 fully saturated rings. The van der Waals surface area contributed by atoms with Gasteiger partial charge >= 0.3 is 0 Å². The third-order valence-electron chi connectivity index (χ3n) is 4.93. The van der Waals surface area contributed by atoms with Gasteiger partial charge in [0.2, 0.25) is 5.91 Å². The number of carbonyl (C=O) groups excluding carboxylic acids is 1. The van der Waals surface area contributed by atoms with Crippen LogP contribution in [0.5, 0.6) is 0 Å². The van der Waals surface area contributed by atoms with Crippen LogP contribution in [0.4, 0.5) is 0 Å². The first-order valence-corrected chi connectivity index (χ1v) is 9.18. The summed E-state index contributed by atoms with van der Waals surface area (Å²) < 4.78 is 34.1. The molecule has 23 heavy (non-hydrogen) atoms. The van der Waals surface area contributed by atoms with Crippen LogP contribution in [0.2, 0.25) is 0 Å². The molecule has 1 unspecified atom stereocenters. The molecule has 0 bridgehead atoms. The van der Waals surface area contributed by atoms with Crippen LogP contribution in [0.15, 0.2) is 17.6 Å². The molecule has 3 rings (SSSR count). The number of nitrogens with two attached hydrogens (primary N) is 1. The maximum Gasteiger partial charge on any atom is 0.262 e. The maximum absolute atomic E-state index is 13.0. The van der Waals surface area contributed by atoms with E-state index in [0.29, 0.717) is 32.5 Å². The molecule has 1 atom stereocenters. The second-order valence-electron chi connectivity index (χ2n) is 6.38. The van der Waals surface area contributed by atoms with E-state index < -0.39 is 27.4 Å². The van der Waals surface area contributed by atoms with Crippen LogP contribution in [-0.4, -0.2) is 54.0 Å². The molecule has 2 aliphatic rings. The minimum Gasteiger partial charge on any atom is -0.381 e. The minimum atomic E-state index is -3.85. The summed E-state index contributed by atoms with van der Waals surface area (Å²) in [6.45, 7) is 1.34. The molecule has 9 heteroatoms. The number of hydrogen-bond donors (Lipinski definition) is 1. The zero-order chi connectivity index (χ0) is 16.7. The van der Waals surface area contributed by atoms with Gasteiger partial charge in [0.05, 0.1) is 6.33 Å². The van der Waals surface area contributed by atoms with Crippen molar-refractivity contribution in [1.29, 1.82) is 0 Å². The zero-order valence-corrected chi connectivity index (χ0v) is 14.0. The number of aryl methyl sites for hydroxylation is 1. The number of amides is 1. The maximum atomic E-state index is 13.0. The summed E-state index contributed by atoms with van der Waals surface area (Å²) >= 11 is 0. The summed E-state index contributed by atoms with van der Waals surface area (Å²) in [5.74, 6) is -0.592. The Kier molecular flexibility index (Phi) is 4.19. The van der Waals surface area contributed by atoms with Crippen LogP contribution in [0, 0.1) is 5.41 Å². The number of rotatable bonds is 3. The molecule has 1 spiro atoms. The molecule has 0 aliphatic carbocycles. The Morgan fingerprint density at radius 1 is 1.39 bits per heavy atom. The van der Waals surface area contributed by atoms with E-state index in [1.807, 2.05) is 0 Å². The fraction of sp³-hybridized carbons (Fsp3) is 0.714. The van der Waals surface area contributed by atoms with E-state index in [4.69, 9.17) is 10.5 Å².